The lowest BCUT2D eigenvalue weighted by molar-refractivity contribution is 0.0669. The van der Waals surface area contributed by atoms with Gasteiger partial charge < -0.3 is 19.1 Å². The Kier molecular flexibility index (Phi) is 8.05. The predicted molar refractivity (Wildman–Crippen MR) is 122 cm³/mol. The topological polar surface area (TPSA) is 60.9 Å². The van der Waals surface area contributed by atoms with E-state index < -0.39 is 0 Å². The van der Waals surface area contributed by atoms with Gasteiger partial charge in [-0.05, 0) is 49.7 Å². The maximum Gasteiger partial charge on any atom is 0.254 e. The Morgan fingerprint density at radius 3 is 2.38 bits per heavy atom. The highest BCUT2D eigenvalue weighted by Gasteiger charge is 2.22. The molecule has 0 fully saturated rings. The van der Waals surface area contributed by atoms with Gasteiger partial charge in [0.15, 0.2) is 11.5 Å². The second-order valence-electron chi connectivity index (χ2n) is 7.21. The standard InChI is InChI=1S/C24H27FN2O4S/c1-5-16(2)27(24(28)17-9-11-18(25)12-10-17)13-19-15-32-22(26-19)14-31-23-20(29-3)7-6-8-21(23)30-4/h6-12,15-16H,5,13-14H2,1-4H3. The van der Waals surface area contributed by atoms with Gasteiger partial charge >= 0.3 is 0 Å². The summed E-state index contributed by atoms with van der Waals surface area (Å²) < 4.78 is 29.9. The second-order valence-corrected chi connectivity index (χ2v) is 8.15. The Morgan fingerprint density at radius 2 is 1.78 bits per heavy atom. The summed E-state index contributed by atoms with van der Waals surface area (Å²) in [7, 11) is 3.15. The van der Waals surface area contributed by atoms with Crippen molar-refractivity contribution >= 4 is 17.2 Å². The molecule has 170 valence electrons. The Balaban J connectivity index is 1.72. The fraction of sp³-hybridized carbons (Fsp3) is 0.333. The number of hydrogen-bond acceptors (Lipinski definition) is 6. The summed E-state index contributed by atoms with van der Waals surface area (Å²) in [5.41, 5.74) is 1.23. The number of nitrogens with zero attached hydrogens (tertiary/aromatic N) is 2. The lowest BCUT2D eigenvalue weighted by Crippen LogP contribution is -2.37. The molecule has 0 saturated heterocycles. The van der Waals surface area contributed by atoms with Crippen LogP contribution >= 0.6 is 11.3 Å². The van der Waals surface area contributed by atoms with Gasteiger partial charge in [0.25, 0.3) is 5.91 Å². The molecule has 0 aliphatic rings. The summed E-state index contributed by atoms with van der Waals surface area (Å²) in [5, 5.41) is 2.69. The van der Waals surface area contributed by atoms with Crippen LogP contribution < -0.4 is 14.2 Å². The Hall–Kier alpha value is -3.13. The van der Waals surface area contributed by atoms with Crippen molar-refractivity contribution in [2.75, 3.05) is 14.2 Å². The maximum absolute atomic E-state index is 13.3. The first-order valence-electron chi connectivity index (χ1n) is 10.3. The van der Waals surface area contributed by atoms with Crippen molar-refractivity contribution in [2.24, 2.45) is 0 Å². The van der Waals surface area contributed by atoms with Crippen molar-refractivity contribution in [3.63, 3.8) is 0 Å². The van der Waals surface area contributed by atoms with E-state index in [1.165, 1.54) is 35.6 Å². The number of rotatable bonds is 10. The van der Waals surface area contributed by atoms with Crippen molar-refractivity contribution in [2.45, 2.75) is 39.5 Å². The molecule has 1 unspecified atom stereocenters. The quantitative estimate of drug-likeness (QED) is 0.412. The number of carbonyl (C=O) groups excluding carboxylic acids is 1. The third-order valence-corrected chi connectivity index (χ3v) is 6.00. The second kappa shape index (κ2) is 10.9. The average Bonchev–Trinajstić information content (AvgIpc) is 3.27. The maximum atomic E-state index is 13.3. The first-order chi connectivity index (χ1) is 15.5. The molecule has 32 heavy (non-hydrogen) atoms. The molecule has 1 amide bonds. The summed E-state index contributed by atoms with van der Waals surface area (Å²) in [6.45, 7) is 4.62. The minimum atomic E-state index is -0.368. The third kappa shape index (κ3) is 5.56. The van der Waals surface area contributed by atoms with Crippen LogP contribution in [-0.4, -0.2) is 36.1 Å². The highest BCUT2D eigenvalue weighted by Crippen LogP contribution is 2.37. The molecule has 0 spiro atoms. The molecule has 8 heteroatoms. The van der Waals surface area contributed by atoms with E-state index in [0.717, 1.165) is 17.1 Å². The molecule has 0 N–H and O–H groups in total. The van der Waals surface area contributed by atoms with Crippen LogP contribution in [0.4, 0.5) is 4.39 Å². The Bertz CT molecular complexity index is 1020. The number of para-hydroxylation sites is 1. The first kappa shape index (κ1) is 23.5. The lowest BCUT2D eigenvalue weighted by atomic mass is 10.1. The lowest BCUT2D eigenvalue weighted by Gasteiger charge is -2.28. The van der Waals surface area contributed by atoms with Gasteiger partial charge in [0.2, 0.25) is 5.75 Å². The van der Waals surface area contributed by atoms with E-state index in [0.29, 0.717) is 29.4 Å². The number of benzene rings is 2. The van der Waals surface area contributed by atoms with Crippen LogP contribution in [0.2, 0.25) is 0 Å². The van der Waals surface area contributed by atoms with Crippen LogP contribution in [0.15, 0.2) is 47.8 Å². The van der Waals surface area contributed by atoms with Gasteiger partial charge in [-0.1, -0.05) is 13.0 Å². The largest absolute Gasteiger partial charge is 0.493 e. The molecule has 0 bridgehead atoms. The summed E-state index contributed by atoms with van der Waals surface area (Å²) in [6, 6.07) is 11.0. The molecule has 6 nitrogen and oxygen atoms in total. The molecule has 0 saturated carbocycles. The number of ether oxygens (including phenoxy) is 3. The van der Waals surface area contributed by atoms with E-state index in [1.54, 1.807) is 31.3 Å². The molecule has 0 aliphatic carbocycles. The number of halogens is 1. The fourth-order valence-electron chi connectivity index (χ4n) is 3.16. The van der Waals surface area contributed by atoms with Gasteiger partial charge in [-0.25, -0.2) is 9.37 Å². The number of methoxy groups -OCH3 is 2. The van der Waals surface area contributed by atoms with E-state index in [1.807, 2.05) is 25.3 Å². The van der Waals surface area contributed by atoms with Crippen LogP contribution in [0.3, 0.4) is 0 Å². The number of hydrogen-bond donors (Lipinski definition) is 0. The molecule has 3 rings (SSSR count). The minimum Gasteiger partial charge on any atom is -0.493 e. The molecule has 1 aromatic heterocycles. The minimum absolute atomic E-state index is 0.00629. The van der Waals surface area contributed by atoms with Crippen molar-refractivity contribution in [3.8, 4) is 17.2 Å². The van der Waals surface area contributed by atoms with Crippen LogP contribution in [-0.2, 0) is 13.2 Å². The zero-order valence-electron chi connectivity index (χ0n) is 18.6. The number of amides is 1. The highest BCUT2D eigenvalue weighted by atomic mass is 32.1. The Labute approximate surface area is 191 Å². The number of aromatic nitrogens is 1. The first-order valence-corrected chi connectivity index (χ1v) is 11.2. The monoisotopic (exact) mass is 458 g/mol. The zero-order valence-corrected chi connectivity index (χ0v) is 19.4. The molecular formula is C24H27FN2O4S. The van der Waals surface area contributed by atoms with E-state index in [9.17, 15) is 9.18 Å². The summed E-state index contributed by atoms with van der Waals surface area (Å²) in [6.07, 6.45) is 0.792. The number of carbonyl (C=O) groups is 1. The van der Waals surface area contributed by atoms with Crippen LogP contribution in [0.5, 0.6) is 17.2 Å². The van der Waals surface area contributed by atoms with Crippen molar-refractivity contribution in [1.29, 1.82) is 0 Å². The highest BCUT2D eigenvalue weighted by molar-refractivity contribution is 7.09. The predicted octanol–water partition coefficient (Wildman–Crippen LogP) is 5.32. The molecule has 0 radical (unpaired) electrons. The Morgan fingerprint density at radius 1 is 1.12 bits per heavy atom. The van der Waals surface area contributed by atoms with Crippen molar-refractivity contribution < 1.29 is 23.4 Å². The fourth-order valence-corrected chi connectivity index (χ4v) is 3.86. The van der Waals surface area contributed by atoms with Gasteiger partial charge in [-0.3, -0.25) is 4.79 Å². The van der Waals surface area contributed by atoms with Crippen LogP contribution in [0.1, 0.15) is 41.3 Å². The number of thiazole rings is 1. The van der Waals surface area contributed by atoms with Crippen molar-refractivity contribution in [1.82, 2.24) is 9.88 Å². The molecule has 0 aliphatic heterocycles. The molecule has 1 atom stereocenters. The average molecular weight is 459 g/mol. The van der Waals surface area contributed by atoms with E-state index >= 15 is 0 Å². The summed E-state index contributed by atoms with van der Waals surface area (Å²) >= 11 is 1.46. The van der Waals surface area contributed by atoms with E-state index in [-0.39, 0.29) is 24.4 Å². The van der Waals surface area contributed by atoms with E-state index in [4.69, 9.17) is 14.2 Å². The normalized spacial score (nSPS) is 11.7. The molecular weight excluding hydrogens is 431 g/mol. The van der Waals surface area contributed by atoms with Crippen molar-refractivity contribution in [3.05, 3.63) is 69.9 Å². The summed E-state index contributed by atoms with van der Waals surface area (Å²) in [4.78, 5) is 19.4. The van der Waals surface area contributed by atoms with Gasteiger partial charge in [0, 0.05) is 17.0 Å². The van der Waals surface area contributed by atoms with Gasteiger partial charge in [-0.15, -0.1) is 11.3 Å². The zero-order chi connectivity index (χ0) is 23.1. The van der Waals surface area contributed by atoms with Gasteiger partial charge in [0.05, 0.1) is 26.5 Å². The molecule has 3 aromatic rings. The van der Waals surface area contributed by atoms with Gasteiger partial charge in [0.1, 0.15) is 17.4 Å². The molecule has 2 aromatic carbocycles. The van der Waals surface area contributed by atoms with Crippen LogP contribution in [0, 0.1) is 5.82 Å². The molecule has 1 heterocycles. The third-order valence-electron chi connectivity index (χ3n) is 5.13. The smallest absolute Gasteiger partial charge is 0.254 e. The SMILES string of the molecule is CCC(C)N(Cc1csc(COc2c(OC)cccc2OC)n1)C(=O)c1ccc(F)cc1. The van der Waals surface area contributed by atoms with Gasteiger partial charge in [-0.2, -0.15) is 0 Å². The van der Waals surface area contributed by atoms with Crippen LogP contribution in [0.25, 0.3) is 0 Å². The summed E-state index contributed by atoms with van der Waals surface area (Å²) in [5.74, 6) is 1.15. The van der Waals surface area contributed by atoms with E-state index in [2.05, 4.69) is 4.98 Å².